The van der Waals surface area contributed by atoms with Gasteiger partial charge in [-0.1, -0.05) is 0 Å². The number of halogens is 1. The van der Waals surface area contributed by atoms with Crippen LogP contribution in [-0.4, -0.2) is 23.3 Å². The van der Waals surface area contributed by atoms with Gasteiger partial charge in [-0.25, -0.2) is 4.39 Å². The third kappa shape index (κ3) is 3.14. The first kappa shape index (κ1) is 14.0. The fraction of sp³-hybridized carbons (Fsp3) is 0.286. The van der Waals surface area contributed by atoms with Crippen LogP contribution < -0.4 is 10.6 Å². The number of anilines is 1. The maximum atomic E-state index is 13.9. The Morgan fingerprint density at radius 3 is 2.65 bits per heavy atom. The summed E-state index contributed by atoms with van der Waals surface area (Å²) in [6, 6.07) is 2.95. The summed E-state index contributed by atoms with van der Waals surface area (Å²) in [4.78, 5) is 24.8. The zero-order valence-electron chi connectivity index (χ0n) is 11.3. The molecule has 0 bridgehead atoms. The van der Waals surface area contributed by atoms with Gasteiger partial charge in [0, 0.05) is 37.5 Å². The van der Waals surface area contributed by atoms with Gasteiger partial charge in [0.15, 0.2) is 0 Å². The number of amides is 2. The van der Waals surface area contributed by atoms with E-state index in [9.17, 15) is 14.0 Å². The molecule has 2 aromatic rings. The largest absolute Gasteiger partial charge is 0.361 e. The number of fused-ring (bicyclic) bond motifs is 1. The summed E-state index contributed by atoms with van der Waals surface area (Å²) < 4.78 is 13.9. The Kier molecular flexibility index (Phi) is 4.02. The van der Waals surface area contributed by atoms with E-state index in [1.807, 2.05) is 0 Å². The molecule has 0 fully saturated rings. The highest BCUT2D eigenvalue weighted by atomic mass is 19.1. The Morgan fingerprint density at radius 1 is 1.25 bits per heavy atom. The number of aromatic amines is 1. The lowest BCUT2D eigenvalue weighted by Gasteiger charge is -2.05. The molecule has 1 aromatic heterocycles. The Bertz CT molecular complexity index is 664. The molecule has 0 atom stereocenters. The maximum Gasteiger partial charge on any atom is 0.221 e. The van der Waals surface area contributed by atoms with Gasteiger partial charge in [-0.2, -0.15) is 0 Å². The van der Waals surface area contributed by atoms with Crippen LogP contribution in [0.25, 0.3) is 10.9 Å². The third-order valence-electron chi connectivity index (χ3n) is 2.93. The van der Waals surface area contributed by atoms with Crippen LogP contribution in [0.15, 0.2) is 18.3 Å². The van der Waals surface area contributed by atoms with Gasteiger partial charge in [0.1, 0.15) is 5.82 Å². The van der Waals surface area contributed by atoms with Gasteiger partial charge in [0.2, 0.25) is 11.8 Å². The summed E-state index contributed by atoms with van der Waals surface area (Å²) >= 11 is 0. The molecular formula is C14H16FN3O2. The third-order valence-corrected chi connectivity index (χ3v) is 2.93. The van der Waals surface area contributed by atoms with Crippen LogP contribution in [-0.2, 0) is 16.0 Å². The molecule has 2 rings (SSSR count). The van der Waals surface area contributed by atoms with E-state index in [1.165, 1.54) is 19.9 Å². The Balaban J connectivity index is 2.25. The predicted octanol–water partition coefficient (Wildman–Crippen LogP) is 1.94. The van der Waals surface area contributed by atoms with Gasteiger partial charge in [0.05, 0.1) is 5.69 Å². The number of H-pyrrole nitrogens is 1. The van der Waals surface area contributed by atoms with Crippen LogP contribution >= 0.6 is 0 Å². The van der Waals surface area contributed by atoms with Crippen molar-refractivity contribution in [1.29, 1.82) is 0 Å². The standard InChI is InChI=1S/C14H16FN3O2/c1-8(19)16-4-3-10-7-17-13-6-14(18-9(2)20)12(15)5-11(10)13/h5-7,17H,3-4H2,1-2H3,(H,16,19)(H,18,20). The Hall–Kier alpha value is -2.37. The van der Waals surface area contributed by atoms with Crippen molar-refractivity contribution in [3.8, 4) is 0 Å². The summed E-state index contributed by atoms with van der Waals surface area (Å²) in [6.07, 6.45) is 2.39. The fourth-order valence-electron chi connectivity index (χ4n) is 2.07. The number of aromatic nitrogens is 1. The van der Waals surface area contributed by atoms with Crippen molar-refractivity contribution < 1.29 is 14.0 Å². The van der Waals surface area contributed by atoms with Crippen molar-refractivity contribution in [3.63, 3.8) is 0 Å². The van der Waals surface area contributed by atoms with Crippen molar-refractivity contribution in [3.05, 3.63) is 29.7 Å². The summed E-state index contributed by atoms with van der Waals surface area (Å²) in [7, 11) is 0. The average molecular weight is 277 g/mol. The minimum atomic E-state index is -0.479. The number of carbonyl (C=O) groups excluding carboxylic acids is 2. The second-order valence-corrected chi connectivity index (χ2v) is 4.61. The van der Waals surface area contributed by atoms with E-state index >= 15 is 0 Å². The zero-order valence-corrected chi connectivity index (χ0v) is 11.3. The van der Waals surface area contributed by atoms with Gasteiger partial charge in [-0.3, -0.25) is 9.59 Å². The highest BCUT2D eigenvalue weighted by molar-refractivity contribution is 5.93. The average Bonchev–Trinajstić information content (AvgIpc) is 2.71. The van der Waals surface area contributed by atoms with Crippen molar-refractivity contribution in [1.82, 2.24) is 10.3 Å². The highest BCUT2D eigenvalue weighted by Crippen LogP contribution is 2.25. The molecule has 2 amide bonds. The van der Waals surface area contributed by atoms with Crippen LogP contribution in [0.3, 0.4) is 0 Å². The van der Waals surface area contributed by atoms with E-state index in [0.29, 0.717) is 13.0 Å². The minimum absolute atomic E-state index is 0.0935. The molecule has 1 aromatic carbocycles. The van der Waals surface area contributed by atoms with Gasteiger partial charge >= 0.3 is 0 Å². The number of rotatable bonds is 4. The quantitative estimate of drug-likeness (QED) is 0.799. The summed E-state index contributed by atoms with van der Waals surface area (Å²) in [5, 5.41) is 5.89. The van der Waals surface area contributed by atoms with Crippen molar-refractivity contribution >= 4 is 28.4 Å². The maximum absolute atomic E-state index is 13.9. The van der Waals surface area contributed by atoms with Crippen LogP contribution in [0.1, 0.15) is 19.4 Å². The molecule has 5 nitrogen and oxygen atoms in total. The number of hydrogen-bond donors (Lipinski definition) is 3. The van der Waals surface area contributed by atoms with E-state index in [0.717, 1.165) is 16.5 Å². The molecule has 0 spiro atoms. The van der Waals surface area contributed by atoms with E-state index < -0.39 is 5.82 Å². The van der Waals surface area contributed by atoms with Crippen LogP contribution in [0.4, 0.5) is 10.1 Å². The summed E-state index contributed by atoms with van der Waals surface area (Å²) in [5.41, 5.74) is 1.82. The van der Waals surface area contributed by atoms with E-state index in [4.69, 9.17) is 0 Å². The van der Waals surface area contributed by atoms with E-state index in [1.54, 1.807) is 12.3 Å². The van der Waals surface area contributed by atoms with E-state index in [2.05, 4.69) is 15.6 Å². The topological polar surface area (TPSA) is 74.0 Å². The first-order valence-corrected chi connectivity index (χ1v) is 6.29. The van der Waals surface area contributed by atoms with Gasteiger partial charge < -0.3 is 15.6 Å². The van der Waals surface area contributed by atoms with Gasteiger partial charge in [-0.15, -0.1) is 0 Å². The number of carbonyl (C=O) groups is 2. The molecule has 106 valence electrons. The molecule has 1 heterocycles. The fourth-order valence-corrected chi connectivity index (χ4v) is 2.07. The van der Waals surface area contributed by atoms with E-state index in [-0.39, 0.29) is 17.5 Å². The Labute approximate surface area is 115 Å². The number of hydrogen-bond acceptors (Lipinski definition) is 2. The molecule has 20 heavy (non-hydrogen) atoms. The van der Waals surface area contributed by atoms with Crippen LogP contribution in [0, 0.1) is 5.82 Å². The van der Waals surface area contributed by atoms with Gasteiger partial charge in [-0.05, 0) is 24.1 Å². The first-order valence-electron chi connectivity index (χ1n) is 6.29. The molecule has 0 saturated heterocycles. The van der Waals surface area contributed by atoms with Crippen molar-refractivity contribution in [2.45, 2.75) is 20.3 Å². The molecule has 0 aliphatic rings. The van der Waals surface area contributed by atoms with Crippen LogP contribution in [0.2, 0.25) is 0 Å². The highest BCUT2D eigenvalue weighted by Gasteiger charge is 2.10. The molecule has 6 heteroatoms. The molecule has 0 unspecified atom stereocenters. The smallest absolute Gasteiger partial charge is 0.221 e. The predicted molar refractivity (Wildman–Crippen MR) is 74.9 cm³/mol. The number of nitrogens with one attached hydrogen (secondary N) is 3. The van der Waals surface area contributed by atoms with Crippen molar-refractivity contribution in [2.24, 2.45) is 0 Å². The van der Waals surface area contributed by atoms with Crippen LogP contribution in [0.5, 0.6) is 0 Å². The second kappa shape index (κ2) is 5.73. The molecule has 0 aliphatic carbocycles. The first-order chi connectivity index (χ1) is 9.47. The monoisotopic (exact) mass is 277 g/mol. The zero-order chi connectivity index (χ0) is 14.7. The van der Waals surface area contributed by atoms with Gasteiger partial charge in [0.25, 0.3) is 0 Å². The second-order valence-electron chi connectivity index (χ2n) is 4.61. The molecule has 3 N–H and O–H groups in total. The molecule has 0 radical (unpaired) electrons. The molecular weight excluding hydrogens is 261 g/mol. The van der Waals surface area contributed by atoms with Crippen molar-refractivity contribution in [2.75, 3.05) is 11.9 Å². The lowest BCUT2D eigenvalue weighted by atomic mass is 10.1. The number of benzene rings is 1. The Morgan fingerprint density at radius 2 is 2.00 bits per heavy atom. The normalized spacial score (nSPS) is 10.6. The summed E-state index contributed by atoms with van der Waals surface area (Å²) in [5.74, 6) is -0.891. The molecule has 0 saturated carbocycles. The lowest BCUT2D eigenvalue weighted by molar-refractivity contribution is -0.119. The minimum Gasteiger partial charge on any atom is -0.361 e. The lowest BCUT2D eigenvalue weighted by Crippen LogP contribution is -2.22. The molecule has 0 aliphatic heterocycles. The summed E-state index contributed by atoms with van der Waals surface area (Å²) in [6.45, 7) is 3.28. The SMILES string of the molecule is CC(=O)NCCc1c[nH]c2cc(NC(C)=O)c(F)cc12.